The second-order valence-electron chi connectivity index (χ2n) is 7.49. The first-order chi connectivity index (χ1) is 13.4. The summed E-state index contributed by atoms with van der Waals surface area (Å²) in [5.74, 6) is 1.02. The molecule has 1 N–H and O–H groups in total. The molecule has 1 aliphatic rings. The lowest BCUT2D eigenvalue weighted by atomic mass is 10.2. The Hall–Kier alpha value is -2.09. The molecule has 1 fully saturated rings. The fourth-order valence-electron chi connectivity index (χ4n) is 3.19. The molecule has 0 aliphatic carbocycles. The first-order valence-corrected chi connectivity index (χ1v) is 10.4. The van der Waals surface area contributed by atoms with E-state index in [4.69, 9.17) is 14.2 Å². The van der Waals surface area contributed by atoms with E-state index in [9.17, 15) is 0 Å². The van der Waals surface area contributed by atoms with Crippen LogP contribution in [0.5, 0.6) is 5.75 Å². The van der Waals surface area contributed by atoms with E-state index in [1.54, 1.807) is 18.0 Å². The van der Waals surface area contributed by atoms with Crippen molar-refractivity contribution in [3.63, 3.8) is 0 Å². The van der Waals surface area contributed by atoms with Gasteiger partial charge in [0, 0.05) is 17.5 Å². The largest absolute Gasteiger partial charge is 0.490 e. The lowest BCUT2D eigenvalue weighted by Crippen LogP contribution is -2.25. The van der Waals surface area contributed by atoms with Crippen LogP contribution in [0, 0.1) is 13.8 Å². The zero-order valence-electron chi connectivity index (χ0n) is 16.6. The minimum Gasteiger partial charge on any atom is -0.490 e. The SMILES string of the molecule is Cc1ccc2nc(SCc3nccc(OCC4COC(C)(C)O4)c3C)[nH]c2c1. The maximum Gasteiger partial charge on any atom is 0.166 e. The molecule has 0 radical (unpaired) electrons. The maximum absolute atomic E-state index is 5.99. The molecule has 3 heterocycles. The first kappa shape index (κ1) is 19.2. The van der Waals surface area contributed by atoms with Gasteiger partial charge in [-0.15, -0.1) is 0 Å². The number of nitrogens with one attached hydrogen (secondary N) is 1. The van der Waals surface area contributed by atoms with E-state index in [2.05, 4.69) is 34.0 Å². The molecule has 3 aromatic rings. The van der Waals surface area contributed by atoms with Crippen molar-refractivity contribution >= 4 is 22.8 Å². The number of aryl methyl sites for hydroxylation is 1. The van der Waals surface area contributed by atoms with Crippen LogP contribution in [0.1, 0.15) is 30.7 Å². The van der Waals surface area contributed by atoms with E-state index >= 15 is 0 Å². The van der Waals surface area contributed by atoms with Crippen molar-refractivity contribution in [3.8, 4) is 5.75 Å². The number of imidazole rings is 1. The molecule has 1 unspecified atom stereocenters. The van der Waals surface area contributed by atoms with Crippen LogP contribution < -0.4 is 4.74 Å². The predicted molar refractivity (Wildman–Crippen MR) is 110 cm³/mol. The third-order valence-electron chi connectivity index (χ3n) is 4.71. The molecule has 2 aromatic heterocycles. The van der Waals surface area contributed by atoms with Gasteiger partial charge < -0.3 is 19.2 Å². The fourth-order valence-corrected chi connectivity index (χ4v) is 4.10. The van der Waals surface area contributed by atoms with Crippen molar-refractivity contribution in [1.29, 1.82) is 0 Å². The van der Waals surface area contributed by atoms with Crippen LogP contribution >= 0.6 is 11.8 Å². The fraction of sp³-hybridized carbons (Fsp3) is 0.429. The highest BCUT2D eigenvalue weighted by Crippen LogP contribution is 2.28. The summed E-state index contributed by atoms with van der Waals surface area (Å²) < 4.78 is 17.4. The molecule has 1 atom stereocenters. The molecule has 6 nitrogen and oxygen atoms in total. The van der Waals surface area contributed by atoms with Gasteiger partial charge in [-0.25, -0.2) is 4.98 Å². The number of hydrogen-bond acceptors (Lipinski definition) is 6. The van der Waals surface area contributed by atoms with Gasteiger partial charge in [0.25, 0.3) is 0 Å². The van der Waals surface area contributed by atoms with Crippen LogP contribution in [0.25, 0.3) is 11.0 Å². The molecule has 28 heavy (non-hydrogen) atoms. The minimum atomic E-state index is -0.533. The molecule has 0 spiro atoms. The summed E-state index contributed by atoms with van der Waals surface area (Å²) in [6.45, 7) is 8.96. The Balaban J connectivity index is 1.40. The monoisotopic (exact) mass is 399 g/mol. The molecule has 1 aromatic carbocycles. The number of H-pyrrole nitrogens is 1. The smallest absolute Gasteiger partial charge is 0.166 e. The topological polar surface area (TPSA) is 69.3 Å². The van der Waals surface area contributed by atoms with Crippen molar-refractivity contribution in [2.75, 3.05) is 13.2 Å². The Kier molecular flexibility index (Phi) is 5.31. The molecular weight excluding hydrogens is 374 g/mol. The molecule has 0 bridgehead atoms. The van der Waals surface area contributed by atoms with Crippen LogP contribution in [0.2, 0.25) is 0 Å². The summed E-state index contributed by atoms with van der Waals surface area (Å²) in [6.07, 6.45) is 1.73. The number of ether oxygens (including phenoxy) is 3. The summed E-state index contributed by atoms with van der Waals surface area (Å²) in [4.78, 5) is 12.5. The summed E-state index contributed by atoms with van der Waals surface area (Å²) >= 11 is 1.64. The van der Waals surface area contributed by atoms with Crippen LogP contribution in [-0.2, 0) is 15.2 Å². The molecule has 148 valence electrons. The van der Waals surface area contributed by atoms with E-state index in [0.29, 0.717) is 13.2 Å². The van der Waals surface area contributed by atoms with Crippen molar-refractivity contribution < 1.29 is 14.2 Å². The lowest BCUT2D eigenvalue weighted by Gasteiger charge is -2.18. The molecule has 1 saturated heterocycles. The predicted octanol–water partition coefficient (Wildman–Crippen LogP) is 4.40. The van der Waals surface area contributed by atoms with E-state index in [1.165, 1.54) is 5.56 Å². The van der Waals surface area contributed by atoms with Gasteiger partial charge in [-0.05, 0) is 51.5 Å². The van der Waals surface area contributed by atoms with Crippen molar-refractivity contribution in [3.05, 3.63) is 47.3 Å². The van der Waals surface area contributed by atoms with Gasteiger partial charge >= 0.3 is 0 Å². The van der Waals surface area contributed by atoms with E-state index in [-0.39, 0.29) is 6.10 Å². The van der Waals surface area contributed by atoms with Crippen LogP contribution in [0.15, 0.2) is 35.6 Å². The third-order valence-corrected chi connectivity index (χ3v) is 5.60. The van der Waals surface area contributed by atoms with Gasteiger partial charge in [0.2, 0.25) is 0 Å². The minimum absolute atomic E-state index is 0.0561. The van der Waals surface area contributed by atoms with Gasteiger partial charge in [-0.1, -0.05) is 17.8 Å². The van der Waals surface area contributed by atoms with Crippen LogP contribution in [0.3, 0.4) is 0 Å². The molecular formula is C21H25N3O3S. The Morgan fingerprint density at radius 2 is 2.14 bits per heavy atom. The average molecular weight is 400 g/mol. The summed E-state index contributed by atoms with van der Waals surface area (Å²) in [5.41, 5.74) is 5.29. The quantitative estimate of drug-likeness (QED) is 0.620. The number of pyridine rings is 1. The Morgan fingerprint density at radius 3 is 2.93 bits per heavy atom. The van der Waals surface area contributed by atoms with Gasteiger partial charge in [-0.3, -0.25) is 4.98 Å². The molecule has 4 rings (SSSR count). The van der Waals surface area contributed by atoms with Gasteiger partial charge in [0.1, 0.15) is 18.5 Å². The molecule has 0 saturated carbocycles. The highest BCUT2D eigenvalue weighted by Gasteiger charge is 2.33. The third kappa shape index (κ3) is 4.32. The number of aromatic amines is 1. The molecule has 0 amide bonds. The molecule has 7 heteroatoms. The van der Waals surface area contributed by atoms with Crippen molar-refractivity contribution in [1.82, 2.24) is 15.0 Å². The molecule has 1 aliphatic heterocycles. The zero-order valence-corrected chi connectivity index (χ0v) is 17.4. The number of aromatic nitrogens is 3. The number of hydrogen-bond donors (Lipinski definition) is 1. The highest BCUT2D eigenvalue weighted by atomic mass is 32.2. The maximum atomic E-state index is 5.99. The van der Waals surface area contributed by atoms with E-state index < -0.39 is 5.79 Å². The van der Waals surface area contributed by atoms with Crippen LogP contribution in [-0.4, -0.2) is 40.1 Å². The van der Waals surface area contributed by atoms with Crippen molar-refractivity contribution in [2.24, 2.45) is 0 Å². The summed E-state index contributed by atoms with van der Waals surface area (Å²) in [5, 5.41) is 0.895. The average Bonchev–Trinajstić information content (AvgIpc) is 3.21. The van der Waals surface area contributed by atoms with Crippen LogP contribution in [0.4, 0.5) is 0 Å². The van der Waals surface area contributed by atoms with Gasteiger partial charge in [0.15, 0.2) is 10.9 Å². The second-order valence-corrected chi connectivity index (χ2v) is 8.46. The highest BCUT2D eigenvalue weighted by molar-refractivity contribution is 7.98. The lowest BCUT2D eigenvalue weighted by molar-refractivity contribution is -0.141. The number of thioether (sulfide) groups is 1. The van der Waals surface area contributed by atoms with Gasteiger partial charge in [-0.2, -0.15) is 0 Å². The number of benzene rings is 1. The Bertz CT molecular complexity index is 986. The Morgan fingerprint density at radius 1 is 1.29 bits per heavy atom. The summed E-state index contributed by atoms with van der Waals surface area (Å²) in [7, 11) is 0. The first-order valence-electron chi connectivity index (χ1n) is 9.38. The van der Waals surface area contributed by atoms with E-state index in [1.807, 2.05) is 32.9 Å². The number of fused-ring (bicyclic) bond motifs is 1. The number of nitrogens with zero attached hydrogens (tertiary/aromatic N) is 2. The second kappa shape index (κ2) is 7.73. The summed E-state index contributed by atoms with van der Waals surface area (Å²) in [6, 6.07) is 8.12. The normalized spacial score (nSPS) is 18.6. The number of rotatable bonds is 6. The standard InChI is InChI=1S/C21H25N3O3S/c1-13-5-6-16-17(9-13)24-20(23-16)28-12-18-14(2)19(7-8-22-18)25-10-15-11-26-21(3,4)27-15/h5-9,15H,10-12H2,1-4H3,(H,23,24). The van der Waals surface area contributed by atoms with Crippen molar-refractivity contribution in [2.45, 2.75) is 50.5 Å². The van der Waals surface area contributed by atoms with E-state index in [0.717, 1.165) is 38.9 Å². The zero-order chi connectivity index (χ0) is 19.7. The Labute approximate surface area is 169 Å². The van der Waals surface area contributed by atoms with Gasteiger partial charge in [0.05, 0.1) is 23.3 Å².